The number of carbonyl (C=O) groups excluding carboxylic acids is 2. The smallest absolute Gasteiger partial charge is 0.252 e. The zero-order chi connectivity index (χ0) is 17.4. The lowest BCUT2D eigenvalue weighted by Gasteiger charge is -2.23. The lowest BCUT2D eigenvalue weighted by molar-refractivity contribution is -0.121. The van der Waals surface area contributed by atoms with E-state index in [1.165, 1.54) is 11.3 Å². The first kappa shape index (κ1) is 18.2. The van der Waals surface area contributed by atoms with Crippen molar-refractivity contribution in [3.05, 3.63) is 58.3 Å². The topological polar surface area (TPSA) is 61.4 Å². The predicted octanol–water partition coefficient (Wildman–Crippen LogP) is 2.29. The molecule has 6 heteroatoms. The number of rotatable bonds is 8. The molecule has 0 bridgehead atoms. The maximum absolute atomic E-state index is 12.2. The van der Waals surface area contributed by atoms with Crippen molar-refractivity contribution in [2.75, 3.05) is 27.2 Å². The van der Waals surface area contributed by atoms with Crippen LogP contribution in [0.25, 0.3) is 0 Å². The lowest BCUT2D eigenvalue weighted by atomic mass is 10.1. The van der Waals surface area contributed by atoms with Crippen LogP contribution in [-0.2, 0) is 4.79 Å². The number of carbonyl (C=O) groups is 2. The molecule has 5 nitrogen and oxygen atoms in total. The van der Waals surface area contributed by atoms with Gasteiger partial charge >= 0.3 is 0 Å². The molecule has 128 valence electrons. The number of hydrogen-bond acceptors (Lipinski definition) is 4. The van der Waals surface area contributed by atoms with Crippen LogP contribution in [0.5, 0.6) is 0 Å². The van der Waals surface area contributed by atoms with Gasteiger partial charge < -0.3 is 15.5 Å². The molecule has 0 fully saturated rings. The van der Waals surface area contributed by atoms with Gasteiger partial charge in [-0.15, -0.1) is 0 Å². The van der Waals surface area contributed by atoms with Crippen molar-refractivity contribution in [1.29, 1.82) is 0 Å². The molecule has 0 spiro atoms. The Morgan fingerprint density at radius 1 is 1.17 bits per heavy atom. The maximum atomic E-state index is 12.2. The molecule has 0 radical (unpaired) electrons. The van der Waals surface area contributed by atoms with E-state index in [4.69, 9.17) is 0 Å². The highest BCUT2D eigenvalue weighted by Gasteiger charge is 2.15. The zero-order valence-electron chi connectivity index (χ0n) is 14.0. The molecule has 1 heterocycles. The van der Waals surface area contributed by atoms with Gasteiger partial charge in [-0.05, 0) is 31.1 Å². The fourth-order valence-corrected chi connectivity index (χ4v) is 2.97. The van der Waals surface area contributed by atoms with Gasteiger partial charge in [0.15, 0.2) is 0 Å². The Balaban J connectivity index is 1.83. The van der Waals surface area contributed by atoms with Gasteiger partial charge in [-0.2, -0.15) is 11.3 Å². The Kier molecular flexibility index (Phi) is 6.96. The molecule has 2 aromatic rings. The molecule has 0 aliphatic heterocycles. The van der Waals surface area contributed by atoms with Crippen LogP contribution in [0.15, 0.2) is 47.2 Å². The quantitative estimate of drug-likeness (QED) is 0.772. The van der Waals surface area contributed by atoms with Gasteiger partial charge in [-0.3, -0.25) is 9.59 Å². The fraction of sp³-hybridized carbons (Fsp3) is 0.333. The van der Waals surface area contributed by atoms with Gasteiger partial charge in [0.25, 0.3) is 5.91 Å². The summed E-state index contributed by atoms with van der Waals surface area (Å²) in [5, 5.41) is 9.45. The normalized spacial score (nSPS) is 12.0. The Bertz CT molecular complexity index is 642. The van der Waals surface area contributed by atoms with E-state index >= 15 is 0 Å². The first-order valence-corrected chi connectivity index (χ1v) is 8.80. The number of benzene rings is 1. The summed E-state index contributed by atoms with van der Waals surface area (Å²) in [4.78, 5) is 26.1. The highest BCUT2D eigenvalue weighted by molar-refractivity contribution is 7.08. The minimum absolute atomic E-state index is 0.0683. The average molecular weight is 345 g/mol. The molecule has 1 aromatic heterocycles. The third-order valence-electron chi connectivity index (χ3n) is 3.51. The van der Waals surface area contributed by atoms with E-state index in [1.54, 1.807) is 11.4 Å². The third kappa shape index (κ3) is 5.79. The van der Waals surface area contributed by atoms with Crippen molar-refractivity contribution in [1.82, 2.24) is 15.5 Å². The lowest BCUT2D eigenvalue weighted by Crippen LogP contribution is -2.37. The van der Waals surface area contributed by atoms with E-state index in [9.17, 15) is 9.59 Å². The first-order valence-electron chi connectivity index (χ1n) is 7.85. The van der Waals surface area contributed by atoms with Crippen LogP contribution in [0.2, 0.25) is 0 Å². The van der Waals surface area contributed by atoms with Crippen molar-refractivity contribution in [3.8, 4) is 0 Å². The molecule has 1 atom stereocenters. The summed E-state index contributed by atoms with van der Waals surface area (Å²) in [7, 11) is 3.95. The molecule has 2 N–H and O–H groups in total. The van der Waals surface area contributed by atoms with Crippen LogP contribution in [0.4, 0.5) is 0 Å². The molecular weight excluding hydrogens is 322 g/mol. The number of thiophene rings is 1. The molecule has 0 aliphatic carbocycles. The van der Waals surface area contributed by atoms with Gasteiger partial charge in [0.05, 0.1) is 6.04 Å². The molecule has 0 saturated heterocycles. The van der Waals surface area contributed by atoms with E-state index in [2.05, 4.69) is 10.6 Å². The van der Waals surface area contributed by atoms with E-state index in [0.29, 0.717) is 12.1 Å². The second kappa shape index (κ2) is 9.20. The summed E-state index contributed by atoms with van der Waals surface area (Å²) < 4.78 is 0. The van der Waals surface area contributed by atoms with Crippen LogP contribution < -0.4 is 10.6 Å². The molecule has 1 aromatic carbocycles. The zero-order valence-corrected chi connectivity index (χ0v) is 14.8. The third-order valence-corrected chi connectivity index (χ3v) is 4.19. The number of amides is 2. The highest BCUT2D eigenvalue weighted by Crippen LogP contribution is 2.13. The first-order chi connectivity index (χ1) is 11.6. The molecular formula is C18H23N3O2S. The van der Waals surface area contributed by atoms with Gasteiger partial charge in [0, 0.05) is 30.5 Å². The number of nitrogens with one attached hydrogen (secondary N) is 2. The van der Waals surface area contributed by atoms with Crippen molar-refractivity contribution < 1.29 is 9.59 Å². The molecule has 2 amide bonds. The molecule has 0 aliphatic rings. The predicted molar refractivity (Wildman–Crippen MR) is 97.1 cm³/mol. The number of hydrogen-bond donors (Lipinski definition) is 2. The van der Waals surface area contributed by atoms with Gasteiger partial charge in [-0.1, -0.05) is 30.3 Å². The van der Waals surface area contributed by atoms with Crippen LogP contribution in [0.3, 0.4) is 0 Å². The Labute approximate surface area is 146 Å². The Hall–Kier alpha value is -2.18. The van der Waals surface area contributed by atoms with Gasteiger partial charge in [0.2, 0.25) is 5.91 Å². The Morgan fingerprint density at radius 2 is 1.92 bits per heavy atom. The summed E-state index contributed by atoms with van der Waals surface area (Å²) in [5.41, 5.74) is 1.71. The summed E-state index contributed by atoms with van der Waals surface area (Å²) >= 11 is 1.47. The van der Waals surface area contributed by atoms with Gasteiger partial charge in [-0.25, -0.2) is 0 Å². The van der Waals surface area contributed by atoms with Crippen LogP contribution in [0.1, 0.15) is 28.4 Å². The largest absolute Gasteiger partial charge is 0.351 e. The van der Waals surface area contributed by atoms with E-state index in [0.717, 1.165) is 12.1 Å². The summed E-state index contributed by atoms with van der Waals surface area (Å²) in [6.07, 6.45) is 0.257. The van der Waals surface area contributed by atoms with Crippen LogP contribution in [0, 0.1) is 0 Å². The van der Waals surface area contributed by atoms with Crippen LogP contribution >= 0.6 is 11.3 Å². The molecule has 24 heavy (non-hydrogen) atoms. The van der Waals surface area contributed by atoms with E-state index < -0.39 is 0 Å². The molecule has 2 rings (SSSR count). The Morgan fingerprint density at radius 3 is 2.54 bits per heavy atom. The second-order valence-electron chi connectivity index (χ2n) is 5.81. The van der Waals surface area contributed by atoms with Crippen molar-refractivity contribution in [3.63, 3.8) is 0 Å². The second-order valence-corrected chi connectivity index (χ2v) is 6.59. The van der Waals surface area contributed by atoms with Gasteiger partial charge in [0.1, 0.15) is 0 Å². The maximum Gasteiger partial charge on any atom is 0.252 e. The van der Waals surface area contributed by atoms with E-state index in [-0.39, 0.29) is 24.3 Å². The summed E-state index contributed by atoms with van der Waals surface area (Å²) in [6, 6.07) is 11.6. The van der Waals surface area contributed by atoms with Crippen molar-refractivity contribution in [2.45, 2.75) is 12.5 Å². The number of likely N-dealkylation sites (N-methyl/N-ethyl adjacent to an activating group) is 1. The summed E-state index contributed by atoms with van der Waals surface area (Å²) in [6.45, 7) is 1.04. The molecule has 0 saturated carbocycles. The van der Waals surface area contributed by atoms with Crippen LogP contribution in [-0.4, -0.2) is 43.9 Å². The minimum Gasteiger partial charge on any atom is -0.351 e. The standard InChI is InChI=1S/C18H23N3O2S/c1-21(2)12-16(14-6-4-3-5-7-14)20-17(22)8-10-19-18(23)15-9-11-24-13-15/h3-7,9,11,13,16H,8,10,12H2,1-2H3,(H,19,23)(H,20,22)/t16-/m1/s1. The molecule has 0 unspecified atom stereocenters. The monoisotopic (exact) mass is 345 g/mol. The SMILES string of the molecule is CN(C)C[C@@H](NC(=O)CCNC(=O)c1ccsc1)c1ccccc1. The van der Waals surface area contributed by atoms with E-state index in [1.807, 2.05) is 54.7 Å². The highest BCUT2D eigenvalue weighted by atomic mass is 32.1. The average Bonchev–Trinajstić information content (AvgIpc) is 3.09. The van der Waals surface area contributed by atoms with Crippen molar-refractivity contribution in [2.24, 2.45) is 0 Å². The summed E-state index contributed by atoms with van der Waals surface area (Å²) in [5.74, 6) is -0.215. The minimum atomic E-state index is -0.142. The number of nitrogens with zero attached hydrogens (tertiary/aromatic N) is 1. The van der Waals surface area contributed by atoms with Crippen molar-refractivity contribution >= 4 is 23.2 Å². The fourth-order valence-electron chi connectivity index (χ4n) is 2.34.